The second-order valence-electron chi connectivity index (χ2n) is 3.79. The molecule has 1 amide bonds. The zero-order chi connectivity index (χ0) is 12.8. The Morgan fingerprint density at radius 1 is 1.59 bits per heavy atom. The lowest BCUT2D eigenvalue weighted by molar-refractivity contribution is 0.0681. The van der Waals surface area contributed by atoms with Gasteiger partial charge in [0.25, 0.3) is 5.91 Å². The quantitative estimate of drug-likeness (QED) is 0.789. The summed E-state index contributed by atoms with van der Waals surface area (Å²) in [7, 11) is 1.64. The summed E-state index contributed by atoms with van der Waals surface area (Å²) in [6.45, 7) is 4.57. The summed E-state index contributed by atoms with van der Waals surface area (Å²) in [5.41, 5.74) is 0. The molecule has 0 aromatic carbocycles. The van der Waals surface area contributed by atoms with E-state index < -0.39 is 0 Å². The highest BCUT2D eigenvalue weighted by Crippen LogP contribution is 2.17. The number of carbonyl (C=O) groups excluding carboxylic acids is 1. The minimum atomic E-state index is -0.224. The largest absolute Gasteiger partial charge is 0.394 e. The lowest BCUT2D eigenvalue weighted by atomic mass is 10.3. The molecule has 1 aromatic rings. The monoisotopic (exact) mass is 258 g/mol. The molecule has 0 spiro atoms. The number of hydrogen-bond donors (Lipinski definition) is 2. The molecule has 1 atom stereocenters. The maximum Gasteiger partial charge on any atom is 0.284 e. The van der Waals surface area contributed by atoms with E-state index in [1.165, 1.54) is 16.2 Å². The Labute approximate surface area is 105 Å². The molecule has 0 bridgehead atoms. The molecule has 1 heterocycles. The molecule has 0 aliphatic carbocycles. The molecule has 96 valence electrons. The number of carbonyl (C=O) groups is 1. The minimum Gasteiger partial charge on any atom is -0.394 e. The molecule has 0 radical (unpaired) electrons. The van der Waals surface area contributed by atoms with Crippen LogP contribution in [0.4, 0.5) is 5.13 Å². The number of likely N-dealkylation sites (N-methyl/N-ethyl adjacent to an activating group) is 1. The minimum absolute atomic E-state index is 0.0675. The van der Waals surface area contributed by atoms with E-state index in [0.29, 0.717) is 10.1 Å². The van der Waals surface area contributed by atoms with Gasteiger partial charge in [0.2, 0.25) is 10.1 Å². The molecule has 1 aromatic heterocycles. The number of nitrogens with one attached hydrogen (secondary N) is 1. The first-order chi connectivity index (χ1) is 8.10. The van der Waals surface area contributed by atoms with Crippen molar-refractivity contribution in [2.45, 2.75) is 26.3 Å². The van der Waals surface area contributed by atoms with Gasteiger partial charge in [-0.25, -0.2) is 0 Å². The van der Waals surface area contributed by atoms with Crippen molar-refractivity contribution in [2.24, 2.45) is 0 Å². The normalized spacial score (nSPS) is 12.2. The fourth-order valence-electron chi connectivity index (χ4n) is 1.09. The van der Waals surface area contributed by atoms with Gasteiger partial charge in [0, 0.05) is 13.6 Å². The van der Waals surface area contributed by atoms with Crippen molar-refractivity contribution < 1.29 is 9.90 Å². The predicted octanol–water partition coefficient (Wildman–Crippen LogP) is 0.813. The van der Waals surface area contributed by atoms with Crippen LogP contribution in [-0.4, -0.2) is 52.4 Å². The van der Waals surface area contributed by atoms with E-state index in [1.54, 1.807) is 14.0 Å². The molecule has 2 N–H and O–H groups in total. The van der Waals surface area contributed by atoms with Crippen molar-refractivity contribution in [3.05, 3.63) is 5.01 Å². The van der Waals surface area contributed by atoms with Crippen LogP contribution in [0, 0.1) is 0 Å². The second kappa shape index (κ2) is 6.51. The van der Waals surface area contributed by atoms with E-state index in [9.17, 15) is 4.79 Å². The van der Waals surface area contributed by atoms with E-state index >= 15 is 0 Å². The summed E-state index contributed by atoms with van der Waals surface area (Å²) >= 11 is 1.23. The van der Waals surface area contributed by atoms with Gasteiger partial charge in [0.05, 0.1) is 12.6 Å². The van der Waals surface area contributed by atoms with Gasteiger partial charge in [-0.1, -0.05) is 18.3 Å². The number of nitrogens with zero attached hydrogens (tertiary/aromatic N) is 3. The molecule has 1 unspecified atom stereocenters. The third-order valence-electron chi connectivity index (χ3n) is 2.38. The van der Waals surface area contributed by atoms with E-state index in [0.717, 1.165) is 13.0 Å². The Balaban J connectivity index is 2.66. The van der Waals surface area contributed by atoms with Crippen molar-refractivity contribution in [3.63, 3.8) is 0 Å². The fourth-order valence-corrected chi connectivity index (χ4v) is 1.84. The number of anilines is 1. The van der Waals surface area contributed by atoms with Gasteiger partial charge in [-0.05, 0) is 13.3 Å². The number of hydrogen-bond acceptors (Lipinski definition) is 6. The maximum absolute atomic E-state index is 11.9. The Morgan fingerprint density at radius 2 is 2.29 bits per heavy atom. The molecular formula is C10H18N4O2S. The molecule has 17 heavy (non-hydrogen) atoms. The Hall–Kier alpha value is -1.21. The van der Waals surface area contributed by atoms with Crippen LogP contribution in [0.1, 0.15) is 30.1 Å². The number of amides is 1. The van der Waals surface area contributed by atoms with Gasteiger partial charge >= 0.3 is 0 Å². The third kappa shape index (κ3) is 3.64. The first-order valence-corrected chi connectivity index (χ1v) is 6.37. The summed E-state index contributed by atoms with van der Waals surface area (Å²) < 4.78 is 0. The third-order valence-corrected chi connectivity index (χ3v) is 3.25. The smallest absolute Gasteiger partial charge is 0.284 e. The SMILES string of the molecule is CCCNc1nnc(C(=O)N(C)C(C)CO)s1. The number of aliphatic hydroxyl groups excluding tert-OH is 1. The van der Waals surface area contributed by atoms with Crippen LogP contribution in [0.15, 0.2) is 0 Å². The van der Waals surface area contributed by atoms with Crippen LogP contribution in [0.5, 0.6) is 0 Å². The molecule has 6 nitrogen and oxygen atoms in total. The van der Waals surface area contributed by atoms with E-state index in [4.69, 9.17) is 5.11 Å². The average Bonchev–Trinajstić information content (AvgIpc) is 2.82. The van der Waals surface area contributed by atoms with E-state index in [-0.39, 0.29) is 18.6 Å². The van der Waals surface area contributed by atoms with Gasteiger partial charge in [-0.3, -0.25) is 4.79 Å². The molecule has 0 fully saturated rings. The van der Waals surface area contributed by atoms with Gasteiger partial charge in [-0.2, -0.15) is 0 Å². The topological polar surface area (TPSA) is 78.4 Å². The highest BCUT2D eigenvalue weighted by molar-refractivity contribution is 7.17. The van der Waals surface area contributed by atoms with Crippen LogP contribution in [0.25, 0.3) is 0 Å². The number of aromatic nitrogens is 2. The van der Waals surface area contributed by atoms with Crippen molar-refractivity contribution in [1.82, 2.24) is 15.1 Å². The fraction of sp³-hybridized carbons (Fsp3) is 0.700. The molecule has 0 aliphatic rings. The first kappa shape index (κ1) is 13.9. The van der Waals surface area contributed by atoms with Gasteiger partial charge < -0.3 is 15.3 Å². The van der Waals surface area contributed by atoms with Crippen molar-refractivity contribution >= 4 is 22.4 Å². The first-order valence-electron chi connectivity index (χ1n) is 5.55. The summed E-state index contributed by atoms with van der Waals surface area (Å²) in [4.78, 5) is 13.4. The van der Waals surface area contributed by atoms with E-state index in [2.05, 4.69) is 22.4 Å². The summed E-state index contributed by atoms with van der Waals surface area (Å²) in [5, 5.41) is 20.8. The van der Waals surface area contributed by atoms with Gasteiger partial charge in [-0.15, -0.1) is 10.2 Å². The zero-order valence-electron chi connectivity index (χ0n) is 10.3. The maximum atomic E-state index is 11.9. The molecule has 0 saturated carbocycles. The standard InChI is InChI=1S/C10H18N4O2S/c1-4-5-11-10-13-12-8(17-10)9(16)14(3)7(2)6-15/h7,15H,4-6H2,1-3H3,(H,11,13). The highest BCUT2D eigenvalue weighted by atomic mass is 32.1. The Morgan fingerprint density at radius 3 is 2.88 bits per heavy atom. The lowest BCUT2D eigenvalue weighted by Crippen LogP contribution is -2.37. The van der Waals surface area contributed by atoms with Crippen LogP contribution in [0.2, 0.25) is 0 Å². The van der Waals surface area contributed by atoms with E-state index in [1.807, 2.05) is 0 Å². The van der Waals surface area contributed by atoms with Gasteiger partial charge in [0.15, 0.2) is 0 Å². The van der Waals surface area contributed by atoms with Gasteiger partial charge in [0.1, 0.15) is 0 Å². The highest BCUT2D eigenvalue weighted by Gasteiger charge is 2.20. The van der Waals surface area contributed by atoms with Crippen molar-refractivity contribution in [1.29, 1.82) is 0 Å². The number of aliphatic hydroxyl groups is 1. The average molecular weight is 258 g/mol. The van der Waals surface area contributed by atoms with Crippen LogP contribution < -0.4 is 5.32 Å². The zero-order valence-corrected chi connectivity index (χ0v) is 11.1. The van der Waals surface area contributed by atoms with Crippen LogP contribution in [0.3, 0.4) is 0 Å². The Kier molecular flexibility index (Phi) is 5.30. The number of rotatable bonds is 6. The van der Waals surface area contributed by atoms with Crippen molar-refractivity contribution in [3.8, 4) is 0 Å². The lowest BCUT2D eigenvalue weighted by Gasteiger charge is -2.21. The Bertz CT molecular complexity index is 369. The van der Waals surface area contributed by atoms with Crippen LogP contribution >= 0.6 is 11.3 Å². The van der Waals surface area contributed by atoms with Crippen molar-refractivity contribution in [2.75, 3.05) is 25.5 Å². The summed E-state index contributed by atoms with van der Waals surface area (Å²) in [6.07, 6.45) is 0.990. The predicted molar refractivity (Wildman–Crippen MR) is 67.3 cm³/mol. The molecule has 7 heteroatoms. The second-order valence-corrected chi connectivity index (χ2v) is 4.76. The molecule has 1 rings (SSSR count). The molecule has 0 saturated heterocycles. The summed E-state index contributed by atoms with van der Waals surface area (Å²) in [5.74, 6) is -0.214. The molecular weight excluding hydrogens is 240 g/mol. The van der Waals surface area contributed by atoms with Crippen LogP contribution in [-0.2, 0) is 0 Å². The molecule has 0 aliphatic heterocycles. The summed E-state index contributed by atoms with van der Waals surface area (Å²) in [6, 6.07) is -0.224.